The predicted octanol–water partition coefficient (Wildman–Crippen LogP) is 2.17. The van der Waals surface area contributed by atoms with E-state index in [0.717, 1.165) is 11.9 Å². The van der Waals surface area contributed by atoms with Gasteiger partial charge in [-0.15, -0.1) is 0 Å². The molecule has 1 atom stereocenters. The lowest BCUT2D eigenvalue weighted by Gasteiger charge is -1.93. The Morgan fingerprint density at radius 2 is 2.22 bits per heavy atom. The van der Waals surface area contributed by atoms with Crippen molar-refractivity contribution < 1.29 is 4.52 Å². The van der Waals surface area contributed by atoms with Crippen LogP contribution in [0.25, 0.3) is 0 Å². The maximum absolute atomic E-state index is 5.33. The van der Waals surface area contributed by atoms with Crippen LogP contribution in [0, 0.1) is 0 Å². The minimum atomic E-state index is 0.646. The van der Waals surface area contributed by atoms with Crippen molar-refractivity contribution in [1.29, 1.82) is 0 Å². The molecule has 0 spiro atoms. The van der Waals surface area contributed by atoms with Gasteiger partial charge >= 0.3 is 0 Å². The number of fused-ring (bicyclic) bond motifs is 1. The topological polar surface area (TPSA) is 9.23 Å². The van der Waals surface area contributed by atoms with Crippen LogP contribution in [0.4, 0.5) is 0 Å². The first-order valence-electron chi connectivity index (χ1n) is 2.94. The predicted molar refractivity (Wildman–Crippen MR) is 39.1 cm³/mol. The highest BCUT2D eigenvalue weighted by Crippen LogP contribution is 2.36. The number of hydrogen-bond donors (Lipinski definition) is 0. The number of hydrogen-bond acceptors (Lipinski definition) is 1. The Bertz CT molecular complexity index is 199. The second-order valence-electron chi connectivity index (χ2n) is 2.03. The summed E-state index contributed by atoms with van der Waals surface area (Å²) in [4.78, 5) is 0. The zero-order valence-electron chi connectivity index (χ0n) is 4.92. The van der Waals surface area contributed by atoms with E-state index in [-0.39, 0.29) is 0 Å². The SMILES string of the molecule is c1ccc2c(c1)CPO2. The van der Waals surface area contributed by atoms with Crippen molar-refractivity contribution in [1.82, 2.24) is 0 Å². The number of benzene rings is 1. The summed E-state index contributed by atoms with van der Waals surface area (Å²) in [6.45, 7) is 0. The van der Waals surface area contributed by atoms with Crippen LogP contribution in [0.15, 0.2) is 24.3 Å². The van der Waals surface area contributed by atoms with E-state index in [1.165, 1.54) is 5.56 Å². The summed E-state index contributed by atoms with van der Waals surface area (Å²) in [6, 6.07) is 8.21. The second kappa shape index (κ2) is 2.00. The van der Waals surface area contributed by atoms with E-state index in [0.29, 0.717) is 8.81 Å². The fraction of sp³-hybridized carbons (Fsp3) is 0.143. The molecule has 0 radical (unpaired) electrons. The molecule has 1 heterocycles. The molecule has 1 unspecified atom stereocenters. The van der Waals surface area contributed by atoms with Gasteiger partial charge in [0.05, 0.1) is 8.81 Å². The van der Waals surface area contributed by atoms with E-state index >= 15 is 0 Å². The van der Waals surface area contributed by atoms with Gasteiger partial charge in [-0.25, -0.2) is 0 Å². The van der Waals surface area contributed by atoms with Gasteiger partial charge in [0.25, 0.3) is 0 Å². The summed E-state index contributed by atoms with van der Waals surface area (Å²) >= 11 is 0. The molecule has 1 aromatic rings. The fourth-order valence-corrected chi connectivity index (χ4v) is 1.82. The van der Waals surface area contributed by atoms with E-state index in [9.17, 15) is 0 Å². The summed E-state index contributed by atoms with van der Waals surface area (Å²) in [5.74, 6) is 1.08. The average molecular weight is 138 g/mol. The number of rotatable bonds is 0. The third kappa shape index (κ3) is 0.818. The quantitative estimate of drug-likeness (QED) is 0.499. The van der Waals surface area contributed by atoms with Crippen LogP contribution < -0.4 is 4.52 Å². The monoisotopic (exact) mass is 138 g/mol. The average Bonchev–Trinajstić information content (AvgIpc) is 2.33. The van der Waals surface area contributed by atoms with Crippen LogP contribution >= 0.6 is 8.81 Å². The smallest absolute Gasteiger partial charge is 0.126 e. The Balaban J connectivity index is 2.54. The standard InChI is InChI=1S/C7H7OP/c1-2-4-7-6(3-1)5-9-8-7/h1-4,9H,5H2. The van der Waals surface area contributed by atoms with Gasteiger partial charge in [0, 0.05) is 11.7 Å². The molecule has 0 bridgehead atoms. The van der Waals surface area contributed by atoms with Crippen molar-refractivity contribution in [2.75, 3.05) is 0 Å². The molecule has 46 valence electrons. The van der Waals surface area contributed by atoms with Crippen LogP contribution in [-0.2, 0) is 6.16 Å². The molecule has 0 fully saturated rings. The molecule has 2 heteroatoms. The van der Waals surface area contributed by atoms with Gasteiger partial charge in [-0.2, -0.15) is 0 Å². The first-order valence-corrected chi connectivity index (χ1v) is 4.06. The molecule has 0 N–H and O–H groups in total. The van der Waals surface area contributed by atoms with Crippen molar-refractivity contribution in [3.8, 4) is 5.75 Å². The lowest BCUT2D eigenvalue weighted by Crippen LogP contribution is -1.71. The first-order chi connectivity index (χ1) is 4.47. The van der Waals surface area contributed by atoms with Crippen molar-refractivity contribution in [2.24, 2.45) is 0 Å². The molecule has 9 heavy (non-hydrogen) atoms. The van der Waals surface area contributed by atoms with Crippen LogP contribution in [0.3, 0.4) is 0 Å². The first kappa shape index (κ1) is 5.25. The molecular formula is C7H7OP. The zero-order valence-corrected chi connectivity index (χ0v) is 5.92. The summed E-state index contributed by atoms with van der Waals surface area (Å²) < 4.78 is 5.33. The molecule has 1 nitrogen and oxygen atoms in total. The highest BCUT2D eigenvalue weighted by atomic mass is 31.1. The van der Waals surface area contributed by atoms with Gasteiger partial charge in [-0.3, -0.25) is 0 Å². The van der Waals surface area contributed by atoms with Gasteiger partial charge in [0.15, 0.2) is 0 Å². The van der Waals surface area contributed by atoms with E-state index in [4.69, 9.17) is 4.52 Å². The molecule has 0 aliphatic carbocycles. The van der Waals surface area contributed by atoms with Crippen molar-refractivity contribution >= 4 is 8.81 Å². The van der Waals surface area contributed by atoms with Crippen molar-refractivity contribution in [2.45, 2.75) is 6.16 Å². The molecule has 0 amide bonds. The van der Waals surface area contributed by atoms with Crippen LogP contribution in [0.1, 0.15) is 5.56 Å². The summed E-state index contributed by atoms with van der Waals surface area (Å²) in [5.41, 5.74) is 1.36. The Hall–Kier alpha value is -0.550. The van der Waals surface area contributed by atoms with Gasteiger partial charge in [0.1, 0.15) is 5.75 Å². The maximum Gasteiger partial charge on any atom is 0.126 e. The van der Waals surface area contributed by atoms with Crippen LogP contribution in [0.2, 0.25) is 0 Å². The Morgan fingerprint density at radius 1 is 1.33 bits per heavy atom. The fourth-order valence-electron chi connectivity index (χ4n) is 0.941. The van der Waals surface area contributed by atoms with Crippen molar-refractivity contribution in [3.05, 3.63) is 29.8 Å². The zero-order chi connectivity index (χ0) is 6.10. The lowest BCUT2D eigenvalue weighted by atomic mass is 10.2. The van der Waals surface area contributed by atoms with Gasteiger partial charge in [-0.05, 0) is 6.07 Å². The Kier molecular flexibility index (Phi) is 1.17. The molecule has 0 saturated heterocycles. The molecule has 1 aromatic carbocycles. The lowest BCUT2D eigenvalue weighted by molar-refractivity contribution is 0.647. The normalized spacial score (nSPS) is 17.3. The van der Waals surface area contributed by atoms with Crippen LogP contribution in [0.5, 0.6) is 5.75 Å². The van der Waals surface area contributed by atoms with Gasteiger partial charge < -0.3 is 4.52 Å². The Labute approximate surface area is 55.9 Å². The van der Waals surface area contributed by atoms with Gasteiger partial charge in [0.2, 0.25) is 0 Å². The Morgan fingerprint density at radius 3 is 3.11 bits per heavy atom. The molecule has 0 aromatic heterocycles. The number of para-hydroxylation sites is 1. The highest BCUT2D eigenvalue weighted by molar-refractivity contribution is 7.32. The van der Waals surface area contributed by atoms with E-state index in [1.807, 2.05) is 12.1 Å². The summed E-state index contributed by atoms with van der Waals surface area (Å²) in [7, 11) is 0.646. The third-order valence-corrected chi connectivity index (χ3v) is 2.31. The molecule has 1 aliphatic rings. The van der Waals surface area contributed by atoms with Crippen LogP contribution in [-0.4, -0.2) is 0 Å². The van der Waals surface area contributed by atoms with E-state index in [2.05, 4.69) is 12.1 Å². The van der Waals surface area contributed by atoms with Gasteiger partial charge in [-0.1, -0.05) is 18.2 Å². The van der Waals surface area contributed by atoms with E-state index in [1.54, 1.807) is 0 Å². The minimum absolute atomic E-state index is 0.646. The summed E-state index contributed by atoms with van der Waals surface area (Å²) in [6.07, 6.45) is 1.11. The molecule has 2 rings (SSSR count). The third-order valence-electron chi connectivity index (χ3n) is 1.42. The molecule has 0 saturated carbocycles. The molecule has 1 aliphatic heterocycles. The molecular weight excluding hydrogens is 131 g/mol. The minimum Gasteiger partial charge on any atom is -0.477 e. The maximum atomic E-state index is 5.33. The largest absolute Gasteiger partial charge is 0.477 e. The van der Waals surface area contributed by atoms with Crippen molar-refractivity contribution in [3.63, 3.8) is 0 Å². The van der Waals surface area contributed by atoms with E-state index < -0.39 is 0 Å². The second-order valence-corrected chi connectivity index (χ2v) is 2.88. The summed E-state index contributed by atoms with van der Waals surface area (Å²) in [5, 5.41) is 0. The highest BCUT2D eigenvalue weighted by Gasteiger charge is 2.08.